The Morgan fingerprint density at radius 3 is 1.87 bits per heavy atom. The average Bonchev–Trinajstić information content (AvgIpc) is 2.24. The van der Waals surface area contributed by atoms with Crippen LogP contribution in [0.3, 0.4) is 0 Å². The van der Waals surface area contributed by atoms with Crippen LogP contribution in [0.4, 0.5) is 0 Å². The Labute approximate surface area is 94.1 Å². The van der Waals surface area contributed by atoms with Crippen LogP contribution in [0.2, 0.25) is 0 Å². The van der Waals surface area contributed by atoms with E-state index in [0.29, 0.717) is 0 Å². The standard InChI is InChI=1S/C13H26O2/c1-7-13(15,8-2)11(5)9(3)10(4)12(6)14/h9-11,15H,7-8H2,1-6H3/t9-,10?,11+/m1/s1. The van der Waals surface area contributed by atoms with Gasteiger partial charge in [0.15, 0.2) is 0 Å². The summed E-state index contributed by atoms with van der Waals surface area (Å²) in [6, 6.07) is 0. The van der Waals surface area contributed by atoms with Gasteiger partial charge in [0.2, 0.25) is 0 Å². The van der Waals surface area contributed by atoms with Gasteiger partial charge >= 0.3 is 0 Å². The molecule has 0 spiro atoms. The molecule has 2 nitrogen and oxygen atoms in total. The molecular formula is C13H26O2. The minimum Gasteiger partial charge on any atom is -0.390 e. The van der Waals surface area contributed by atoms with Gasteiger partial charge < -0.3 is 5.11 Å². The Morgan fingerprint density at radius 2 is 1.60 bits per heavy atom. The van der Waals surface area contributed by atoms with Crippen LogP contribution in [0, 0.1) is 17.8 Å². The van der Waals surface area contributed by atoms with Crippen molar-refractivity contribution in [3.63, 3.8) is 0 Å². The molecular weight excluding hydrogens is 188 g/mol. The highest BCUT2D eigenvalue weighted by atomic mass is 16.3. The smallest absolute Gasteiger partial charge is 0.132 e. The van der Waals surface area contributed by atoms with Gasteiger partial charge in [-0.3, -0.25) is 4.79 Å². The number of aliphatic hydroxyl groups is 1. The van der Waals surface area contributed by atoms with Gasteiger partial charge in [-0.05, 0) is 31.6 Å². The molecule has 1 unspecified atom stereocenters. The summed E-state index contributed by atoms with van der Waals surface area (Å²) in [5, 5.41) is 10.4. The first-order valence-electron chi connectivity index (χ1n) is 6.03. The normalized spacial score (nSPS) is 18.3. The third-order valence-electron chi connectivity index (χ3n) is 4.29. The summed E-state index contributed by atoms with van der Waals surface area (Å²) in [6.07, 6.45) is 1.50. The fourth-order valence-electron chi connectivity index (χ4n) is 2.19. The Hall–Kier alpha value is -0.370. The predicted molar refractivity (Wildman–Crippen MR) is 63.7 cm³/mol. The molecule has 0 aromatic rings. The molecule has 0 aliphatic carbocycles. The molecule has 0 radical (unpaired) electrons. The van der Waals surface area contributed by atoms with E-state index in [1.807, 2.05) is 20.8 Å². The molecule has 1 N–H and O–H groups in total. The van der Waals surface area contributed by atoms with Crippen LogP contribution in [-0.2, 0) is 4.79 Å². The van der Waals surface area contributed by atoms with Gasteiger partial charge in [-0.15, -0.1) is 0 Å². The number of Topliss-reactive ketones (excluding diaryl/α,β-unsaturated/α-hetero) is 1. The van der Waals surface area contributed by atoms with Gasteiger partial charge in [0.05, 0.1) is 5.60 Å². The first kappa shape index (κ1) is 14.6. The Balaban J connectivity index is 4.68. The Bertz CT molecular complexity index is 207. The largest absolute Gasteiger partial charge is 0.390 e. The van der Waals surface area contributed by atoms with Gasteiger partial charge in [0.25, 0.3) is 0 Å². The van der Waals surface area contributed by atoms with E-state index in [4.69, 9.17) is 0 Å². The lowest BCUT2D eigenvalue weighted by Gasteiger charge is -2.38. The summed E-state index contributed by atoms with van der Waals surface area (Å²) in [5.74, 6) is 0.632. The van der Waals surface area contributed by atoms with Crippen LogP contribution < -0.4 is 0 Å². The second kappa shape index (κ2) is 5.64. The molecule has 0 aromatic carbocycles. The number of hydrogen-bond donors (Lipinski definition) is 1. The quantitative estimate of drug-likeness (QED) is 0.738. The second-order valence-corrected chi connectivity index (χ2v) is 4.86. The third-order valence-corrected chi connectivity index (χ3v) is 4.29. The zero-order valence-corrected chi connectivity index (χ0v) is 11.0. The molecule has 0 saturated carbocycles. The molecule has 0 aliphatic heterocycles. The minimum atomic E-state index is -0.622. The van der Waals surface area contributed by atoms with Gasteiger partial charge in [0, 0.05) is 5.92 Å². The van der Waals surface area contributed by atoms with Crippen LogP contribution in [0.1, 0.15) is 54.4 Å². The van der Waals surface area contributed by atoms with Crippen molar-refractivity contribution in [1.29, 1.82) is 0 Å². The highest BCUT2D eigenvalue weighted by Crippen LogP contribution is 2.34. The fourth-order valence-corrected chi connectivity index (χ4v) is 2.19. The van der Waals surface area contributed by atoms with Crippen LogP contribution in [0.15, 0.2) is 0 Å². The van der Waals surface area contributed by atoms with Crippen molar-refractivity contribution >= 4 is 5.78 Å². The molecule has 15 heavy (non-hydrogen) atoms. The highest BCUT2D eigenvalue weighted by Gasteiger charge is 2.36. The zero-order chi connectivity index (χ0) is 12.2. The molecule has 0 heterocycles. The van der Waals surface area contributed by atoms with Gasteiger partial charge in [-0.1, -0.05) is 34.6 Å². The number of rotatable bonds is 6. The van der Waals surface area contributed by atoms with E-state index in [1.54, 1.807) is 6.92 Å². The van der Waals surface area contributed by atoms with Crippen molar-refractivity contribution < 1.29 is 9.90 Å². The van der Waals surface area contributed by atoms with Crippen molar-refractivity contribution in [2.45, 2.75) is 60.0 Å². The third kappa shape index (κ3) is 3.30. The van der Waals surface area contributed by atoms with E-state index in [1.165, 1.54) is 0 Å². The van der Waals surface area contributed by atoms with Gasteiger partial charge in [0.1, 0.15) is 5.78 Å². The molecule has 2 heteroatoms. The number of ketones is 1. The Morgan fingerprint density at radius 1 is 1.20 bits per heavy atom. The number of carbonyl (C=O) groups is 1. The maximum atomic E-state index is 11.3. The molecule has 0 saturated heterocycles. The van der Waals surface area contributed by atoms with Gasteiger partial charge in [-0.2, -0.15) is 0 Å². The Kier molecular flexibility index (Phi) is 5.50. The first-order chi connectivity index (χ1) is 6.80. The van der Waals surface area contributed by atoms with Crippen molar-refractivity contribution in [2.24, 2.45) is 17.8 Å². The van der Waals surface area contributed by atoms with Crippen molar-refractivity contribution in [1.82, 2.24) is 0 Å². The van der Waals surface area contributed by atoms with E-state index >= 15 is 0 Å². The molecule has 0 bridgehead atoms. The lowest BCUT2D eigenvalue weighted by Crippen LogP contribution is -2.41. The molecule has 90 valence electrons. The van der Waals surface area contributed by atoms with Crippen LogP contribution in [0.5, 0.6) is 0 Å². The molecule has 0 aromatic heterocycles. The van der Waals surface area contributed by atoms with Gasteiger partial charge in [-0.25, -0.2) is 0 Å². The van der Waals surface area contributed by atoms with Crippen LogP contribution >= 0.6 is 0 Å². The van der Waals surface area contributed by atoms with Crippen molar-refractivity contribution in [3.8, 4) is 0 Å². The summed E-state index contributed by atoms with van der Waals surface area (Å²) in [7, 11) is 0. The summed E-state index contributed by atoms with van der Waals surface area (Å²) >= 11 is 0. The van der Waals surface area contributed by atoms with Crippen molar-refractivity contribution in [3.05, 3.63) is 0 Å². The molecule has 0 amide bonds. The van der Waals surface area contributed by atoms with Crippen LogP contribution in [0.25, 0.3) is 0 Å². The maximum Gasteiger partial charge on any atom is 0.132 e. The van der Waals surface area contributed by atoms with Crippen molar-refractivity contribution in [2.75, 3.05) is 0 Å². The maximum absolute atomic E-state index is 11.3. The van der Waals surface area contributed by atoms with E-state index < -0.39 is 5.60 Å². The predicted octanol–water partition coefficient (Wildman–Crippen LogP) is 3.03. The topological polar surface area (TPSA) is 37.3 Å². The first-order valence-corrected chi connectivity index (χ1v) is 6.03. The second-order valence-electron chi connectivity index (χ2n) is 4.86. The highest BCUT2D eigenvalue weighted by molar-refractivity contribution is 5.78. The average molecular weight is 214 g/mol. The SMILES string of the molecule is CCC(O)(CC)[C@@H](C)[C@H](C)C(C)C(C)=O. The number of carbonyl (C=O) groups excluding carboxylic acids is 1. The summed E-state index contributed by atoms with van der Waals surface area (Å²) < 4.78 is 0. The molecule has 3 atom stereocenters. The summed E-state index contributed by atoms with van der Waals surface area (Å²) in [4.78, 5) is 11.3. The fraction of sp³-hybridized carbons (Fsp3) is 0.923. The summed E-state index contributed by atoms with van der Waals surface area (Å²) in [5.41, 5.74) is -0.622. The van der Waals surface area contributed by atoms with E-state index in [0.717, 1.165) is 12.8 Å². The zero-order valence-electron chi connectivity index (χ0n) is 11.0. The minimum absolute atomic E-state index is 0.0321. The molecule has 0 aliphatic rings. The van der Waals surface area contributed by atoms with E-state index in [2.05, 4.69) is 13.8 Å². The lowest BCUT2D eigenvalue weighted by atomic mass is 9.72. The van der Waals surface area contributed by atoms with Crippen LogP contribution in [-0.4, -0.2) is 16.5 Å². The van der Waals surface area contributed by atoms with E-state index in [-0.39, 0.29) is 23.5 Å². The number of hydrogen-bond acceptors (Lipinski definition) is 2. The summed E-state index contributed by atoms with van der Waals surface area (Å²) in [6.45, 7) is 11.7. The lowest BCUT2D eigenvalue weighted by molar-refractivity contribution is -0.124. The molecule has 0 fully saturated rings. The molecule has 0 rings (SSSR count). The monoisotopic (exact) mass is 214 g/mol. The van der Waals surface area contributed by atoms with E-state index in [9.17, 15) is 9.90 Å².